The van der Waals surface area contributed by atoms with E-state index in [2.05, 4.69) is 25.8 Å². The molecule has 1 fully saturated rings. The van der Waals surface area contributed by atoms with Gasteiger partial charge in [0, 0.05) is 29.8 Å². The number of Topliss-reactive ketones (excluding diaryl/α,β-unsaturated/α-hetero) is 1. The molecule has 2 aliphatic carbocycles. The summed E-state index contributed by atoms with van der Waals surface area (Å²) in [5, 5.41) is 7.58. The molecular weight excluding hydrogens is 405 g/mol. The van der Waals surface area contributed by atoms with Gasteiger partial charge in [-0.25, -0.2) is 9.37 Å². The lowest BCUT2D eigenvalue weighted by atomic mass is 9.64. The monoisotopic (exact) mass is 439 g/mol. The van der Waals surface area contributed by atoms with Crippen molar-refractivity contribution in [1.82, 2.24) is 4.98 Å². The van der Waals surface area contributed by atoms with Crippen LogP contribution in [-0.2, 0) is 4.79 Å². The smallest absolute Gasteiger partial charge is 0.213 e. The molecule has 5 nitrogen and oxygen atoms in total. The summed E-state index contributed by atoms with van der Waals surface area (Å²) in [4.78, 5) is 17.3. The van der Waals surface area contributed by atoms with Crippen molar-refractivity contribution in [3.8, 4) is 5.88 Å². The molecule has 0 spiro atoms. The summed E-state index contributed by atoms with van der Waals surface area (Å²) >= 11 is 0. The van der Waals surface area contributed by atoms with Gasteiger partial charge >= 0.3 is 0 Å². The van der Waals surface area contributed by atoms with Gasteiger partial charge in [0.25, 0.3) is 0 Å². The fraction of sp³-hybridized carbons (Fsp3) is 0.500. The Morgan fingerprint density at radius 1 is 1.28 bits per heavy atom. The minimum absolute atomic E-state index is 0.0400. The van der Waals surface area contributed by atoms with Crippen LogP contribution in [0, 0.1) is 23.2 Å². The Labute approximate surface area is 190 Å². The molecule has 0 aromatic carbocycles. The maximum absolute atomic E-state index is 14.6. The lowest BCUT2D eigenvalue weighted by Crippen LogP contribution is -2.44. The molecule has 32 heavy (non-hydrogen) atoms. The summed E-state index contributed by atoms with van der Waals surface area (Å²) in [6, 6.07) is 1.84. The Morgan fingerprint density at radius 3 is 2.53 bits per heavy atom. The molecule has 1 aromatic heterocycles. The van der Waals surface area contributed by atoms with Crippen LogP contribution in [0.4, 0.5) is 4.39 Å². The molecule has 172 valence electrons. The zero-order chi connectivity index (χ0) is 23.5. The third kappa shape index (κ3) is 5.53. The van der Waals surface area contributed by atoms with E-state index in [-0.39, 0.29) is 22.6 Å². The van der Waals surface area contributed by atoms with E-state index < -0.39 is 11.2 Å². The zero-order valence-corrected chi connectivity index (χ0v) is 19.6. The van der Waals surface area contributed by atoms with Gasteiger partial charge in [0.05, 0.1) is 5.41 Å². The minimum Gasteiger partial charge on any atom is -0.477 e. The van der Waals surface area contributed by atoms with Crippen LogP contribution in [0.15, 0.2) is 41.9 Å². The standard InChI is InChI=1S/C26H34FN3O2/c1-17-12-23(32-16-26(10-7-11-26)22(31)14-25(2,3)4)30-15-20(17)18-8-5-6-9-19(24(28)29)21(27)13-18/h8-9,12-13,15H,5-7,10-11,14,16H2,1-4H3,(H3,28,29). The van der Waals surface area contributed by atoms with Crippen molar-refractivity contribution < 1.29 is 13.9 Å². The first kappa shape index (κ1) is 23.9. The van der Waals surface area contributed by atoms with Crippen LogP contribution < -0.4 is 10.5 Å². The zero-order valence-electron chi connectivity index (χ0n) is 19.6. The lowest BCUT2D eigenvalue weighted by Gasteiger charge is -2.41. The van der Waals surface area contributed by atoms with Gasteiger partial charge in [0.2, 0.25) is 5.88 Å². The molecule has 0 atom stereocenters. The molecule has 3 rings (SSSR count). The molecule has 0 amide bonds. The second-order valence-electron chi connectivity index (χ2n) is 10.2. The van der Waals surface area contributed by atoms with Gasteiger partial charge < -0.3 is 10.5 Å². The number of carbonyl (C=O) groups is 1. The Kier molecular flexibility index (Phi) is 7.01. The van der Waals surface area contributed by atoms with E-state index in [1.54, 1.807) is 12.3 Å². The van der Waals surface area contributed by atoms with Crippen molar-refractivity contribution in [3.63, 3.8) is 0 Å². The van der Waals surface area contributed by atoms with Crippen LogP contribution in [-0.4, -0.2) is 23.2 Å². The summed E-state index contributed by atoms with van der Waals surface area (Å²) in [5.41, 5.74) is 7.63. The van der Waals surface area contributed by atoms with E-state index in [4.69, 9.17) is 15.9 Å². The topological polar surface area (TPSA) is 89.1 Å². The van der Waals surface area contributed by atoms with Crippen LogP contribution in [0.25, 0.3) is 5.57 Å². The normalized spacial score (nSPS) is 18.3. The Balaban J connectivity index is 1.75. The molecule has 2 aliphatic rings. The van der Waals surface area contributed by atoms with Gasteiger partial charge in [0.15, 0.2) is 0 Å². The highest BCUT2D eigenvalue weighted by Gasteiger charge is 2.45. The highest BCUT2D eigenvalue weighted by atomic mass is 19.1. The number of rotatable bonds is 7. The predicted molar refractivity (Wildman–Crippen MR) is 126 cm³/mol. The van der Waals surface area contributed by atoms with Gasteiger partial charge in [-0.3, -0.25) is 10.2 Å². The minimum atomic E-state index is -0.521. The van der Waals surface area contributed by atoms with Crippen LogP contribution in [0.5, 0.6) is 5.88 Å². The first-order valence-electron chi connectivity index (χ1n) is 11.3. The number of ether oxygens (including phenoxy) is 1. The van der Waals surface area contributed by atoms with E-state index >= 15 is 0 Å². The van der Waals surface area contributed by atoms with Crippen LogP contribution in [0.1, 0.15) is 70.4 Å². The number of hydrogen-bond acceptors (Lipinski definition) is 4. The van der Waals surface area contributed by atoms with Gasteiger partial charge in [-0.1, -0.05) is 39.3 Å². The molecule has 0 saturated heterocycles. The molecule has 6 heteroatoms. The van der Waals surface area contributed by atoms with Gasteiger partial charge in [-0.15, -0.1) is 0 Å². The summed E-state index contributed by atoms with van der Waals surface area (Å²) in [6.07, 6.45) is 11.4. The molecule has 1 aromatic rings. The number of nitrogens with one attached hydrogen (secondary N) is 1. The second-order valence-corrected chi connectivity index (χ2v) is 10.2. The van der Waals surface area contributed by atoms with Gasteiger partial charge in [-0.2, -0.15) is 0 Å². The summed E-state index contributed by atoms with van der Waals surface area (Å²) in [5.74, 6) is -0.0440. The number of amidine groups is 1. The van der Waals surface area contributed by atoms with Crippen molar-refractivity contribution in [2.45, 2.75) is 66.2 Å². The third-order valence-corrected chi connectivity index (χ3v) is 6.20. The lowest BCUT2D eigenvalue weighted by molar-refractivity contribution is -0.138. The van der Waals surface area contributed by atoms with Crippen LogP contribution in [0.3, 0.4) is 0 Å². The van der Waals surface area contributed by atoms with E-state index in [1.165, 1.54) is 6.08 Å². The summed E-state index contributed by atoms with van der Waals surface area (Å²) < 4.78 is 20.6. The van der Waals surface area contributed by atoms with Crippen molar-refractivity contribution in [2.24, 2.45) is 16.6 Å². The molecule has 3 N–H and O–H groups in total. The number of halogens is 1. The highest BCUT2D eigenvalue weighted by molar-refractivity contribution is 5.99. The molecule has 0 bridgehead atoms. The number of aryl methyl sites for hydroxylation is 1. The average molecular weight is 440 g/mol. The van der Waals surface area contributed by atoms with E-state index in [9.17, 15) is 9.18 Å². The first-order valence-corrected chi connectivity index (χ1v) is 11.3. The van der Waals surface area contributed by atoms with Crippen LogP contribution in [0.2, 0.25) is 0 Å². The predicted octanol–water partition coefficient (Wildman–Crippen LogP) is 5.84. The molecule has 1 heterocycles. The van der Waals surface area contributed by atoms with Crippen molar-refractivity contribution >= 4 is 17.2 Å². The Bertz CT molecular complexity index is 995. The first-order chi connectivity index (χ1) is 15.0. The maximum atomic E-state index is 14.6. The van der Waals surface area contributed by atoms with Crippen LogP contribution >= 0.6 is 0 Å². The Hall–Kier alpha value is -2.76. The van der Waals surface area contributed by atoms with E-state index in [1.807, 2.05) is 19.1 Å². The van der Waals surface area contributed by atoms with E-state index in [0.717, 1.165) is 30.4 Å². The number of ketones is 1. The fourth-order valence-corrected chi connectivity index (χ4v) is 4.16. The number of carbonyl (C=O) groups excluding carboxylic acids is 1. The molecule has 0 radical (unpaired) electrons. The summed E-state index contributed by atoms with van der Waals surface area (Å²) in [7, 11) is 0. The second kappa shape index (κ2) is 9.39. The molecule has 0 aliphatic heterocycles. The number of nitrogens with two attached hydrogens (primary N) is 1. The number of aromatic nitrogens is 1. The Morgan fingerprint density at radius 2 is 1.97 bits per heavy atom. The van der Waals surface area contributed by atoms with Crippen molar-refractivity contribution in [2.75, 3.05) is 6.61 Å². The number of nitrogens with zero attached hydrogens (tertiary/aromatic N) is 1. The third-order valence-electron chi connectivity index (χ3n) is 6.20. The molecule has 1 saturated carbocycles. The number of pyridine rings is 1. The SMILES string of the molecule is Cc1cc(OCC2(C(=O)CC(C)(C)C)CCC2)ncc1C1=CCCC=C(C(=N)N)C(F)=C1. The van der Waals surface area contributed by atoms with Gasteiger partial charge in [-0.05, 0) is 55.2 Å². The molecule has 0 unspecified atom stereocenters. The van der Waals surface area contributed by atoms with Crippen molar-refractivity contribution in [3.05, 3.63) is 53.0 Å². The fourth-order valence-electron chi connectivity index (χ4n) is 4.16. The largest absolute Gasteiger partial charge is 0.477 e. The number of allylic oxidation sites excluding steroid dienone is 4. The van der Waals surface area contributed by atoms with Gasteiger partial charge in [0.1, 0.15) is 24.1 Å². The number of hydrogen-bond donors (Lipinski definition) is 2. The van der Waals surface area contributed by atoms with Crippen molar-refractivity contribution in [1.29, 1.82) is 5.41 Å². The summed E-state index contributed by atoms with van der Waals surface area (Å²) in [6.45, 7) is 8.52. The highest BCUT2D eigenvalue weighted by Crippen LogP contribution is 2.44. The molecular formula is C26H34FN3O2. The average Bonchev–Trinajstić information content (AvgIpc) is 2.62. The van der Waals surface area contributed by atoms with E-state index in [0.29, 0.717) is 37.3 Å². The maximum Gasteiger partial charge on any atom is 0.213 e. The quantitative estimate of drug-likeness (QED) is 0.413.